The number of carbonyl (C=O) groups excluding carboxylic acids is 1. The Morgan fingerprint density at radius 3 is 2.15 bits per heavy atom. The standard InChI is InChI=1S/C21H27ClO4/c1-24-5-6-26-19-17(4-3-16(20(22)23)18(19)25-2)21-10-13-7-14(11-21)9-15(8-13)12-21/h3-4,13-15H,5-12H2,1-2H3. The topological polar surface area (TPSA) is 44.8 Å². The van der Waals surface area contributed by atoms with Gasteiger partial charge in [0.05, 0.1) is 19.3 Å². The molecule has 0 heterocycles. The van der Waals surface area contributed by atoms with E-state index in [1.54, 1.807) is 14.2 Å². The molecule has 0 saturated heterocycles. The maximum absolute atomic E-state index is 11.9. The molecule has 0 atom stereocenters. The number of halogens is 1. The molecule has 0 aliphatic heterocycles. The predicted octanol–water partition coefficient (Wildman–Crippen LogP) is 4.57. The van der Waals surface area contributed by atoms with E-state index in [0.717, 1.165) is 17.8 Å². The minimum absolute atomic E-state index is 0.151. The van der Waals surface area contributed by atoms with Crippen LogP contribution in [0.5, 0.6) is 11.5 Å². The smallest absolute Gasteiger partial charge is 0.256 e. The second-order valence-electron chi connectivity index (χ2n) is 8.34. The number of ether oxygens (including phenoxy) is 3. The number of benzene rings is 1. The van der Waals surface area contributed by atoms with Crippen molar-refractivity contribution in [2.45, 2.75) is 43.9 Å². The molecule has 4 fully saturated rings. The Bertz CT molecular complexity index is 664. The van der Waals surface area contributed by atoms with Crippen molar-refractivity contribution in [3.63, 3.8) is 0 Å². The summed E-state index contributed by atoms with van der Waals surface area (Å²) >= 11 is 5.79. The van der Waals surface area contributed by atoms with E-state index in [1.165, 1.54) is 44.1 Å². The van der Waals surface area contributed by atoms with Crippen LogP contribution in [0.1, 0.15) is 54.4 Å². The summed E-state index contributed by atoms with van der Waals surface area (Å²) in [7, 11) is 3.23. The zero-order chi connectivity index (χ0) is 18.3. The maximum Gasteiger partial charge on any atom is 0.256 e. The summed E-state index contributed by atoms with van der Waals surface area (Å²) in [6, 6.07) is 3.87. The van der Waals surface area contributed by atoms with Gasteiger partial charge in [0.1, 0.15) is 6.61 Å². The quantitative estimate of drug-likeness (QED) is 0.515. The molecule has 4 aliphatic rings. The summed E-state index contributed by atoms with van der Waals surface area (Å²) in [6.45, 7) is 0.911. The lowest BCUT2D eigenvalue weighted by atomic mass is 9.48. The molecule has 26 heavy (non-hydrogen) atoms. The lowest BCUT2D eigenvalue weighted by Gasteiger charge is -2.57. The van der Waals surface area contributed by atoms with Crippen LogP contribution in [0.4, 0.5) is 0 Å². The summed E-state index contributed by atoms with van der Waals surface area (Å²) in [5, 5.41) is -0.518. The van der Waals surface area contributed by atoms with Crippen molar-refractivity contribution in [3.8, 4) is 11.5 Å². The molecular formula is C21H27ClO4. The Morgan fingerprint density at radius 1 is 1.04 bits per heavy atom. The molecule has 0 unspecified atom stereocenters. The molecule has 0 aromatic heterocycles. The van der Waals surface area contributed by atoms with Gasteiger partial charge in [-0.2, -0.15) is 0 Å². The number of hydrogen-bond donors (Lipinski definition) is 0. The summed E-state index contributed by atoms with van der Waals surface area (Å²) < 4.78 is 16.9. The Morgan fingerprint density at radius 2 is 1.65 bits per heavy atom. The molecule has 1 aromatic carbocycles. The summed E-state index contributed by atoms with van der Waals surface area (Å²) in [4.78, 5) is 11.9. The predicted molar refractivity (Wildman–Crippen MR) is 100 cm³/mol. The molecule has 4 nitrogen and oxygen atoms in total. The van der Waals surface area contributed by atoms with Crippen LogP contribution < -0.4 is 9.47 Å². The lowest BCUT2D eigenvalue weighted by Crippen LogP contribution is -2.48. The molecule has 4 aliphatic carbocycles. The third-order valence-corrected chi connectivity index (χ3v) is 6.88. The lowest BCUT2D eigenvalue weighted by molar-refractivity contribution is -0.00677. The van der Waals surface area contributed by atoms with Crippen LogP contribution in [0.3, 0.4) is 0 Å². The average molecular weight is 379 g/mol. The van der Waals surface area contributed by atoms with Crippen molar-refractivity contribution in [1.29, 1.82) is 0 Å². The van der Waals surface area contributed by atoms with Crippen LogP contribution in [0.2, 0.25) is 0 Å². The number of carbonyl (C=O) groups is 1. The average Bonchev–Trinajstić information content (AvgIpc) is 2.60. The molecule has 5 heteroatoms. The normalized spacial score (nSPS) is 31.9. The fourth-order valence-corrected chi connectivity index (χ4v) is 6.30. The largest absolute Gasteiger partial charge is 0.492 e. The van der Waals surface area contributed by atoms with E-state index >= 15 is 0 Å². The molecule has 142 valence electrons. The van der Waals surface area contributed by atoms with E-state index in [1.807, 2.05) is 6.07 Å². The molecular weight excluding hydrogens is 352 g/mol. The van der Waals surface area contributed by atoms with E-state index < -0.39 is 5.24 Å². The van der Waals surface area contributed by atoms with Gasteiger partial charge in [0.25, 0.3) is 5.24 Å². The van der Waals surface area contributed by atoms with E-state index in [2.05, 4.69) is 6.07 Å². The highest BCUT2D eigenvalue weighted by Gasteiger charge is 2.53. The summed E-state index contributed by atoms with van der Waals surface area (Å²) in [5.74, 6) is 3.64. The fourth-order valence-electron chi connectivity index (χ4n) is 6.15. The number of methoxy groups -OCH3 is 2. The molecule has 0 amide bonds. The van der Waals surface area contributed by atoms with E-state index in [-0.39, 0.29) is 5.41 Å². The third kappa shape index (κ3) is 3.01. The minimum atomic E-state index is -0.518. The van der Waals surface area contributed by atoms with Crippen molar-refractivity contribution < 1.29 is 19.0 Å². The summed E-state index contributed by atoms with van der Waals surface area (Å²) in [5.41, 5.74) is 1.72. The van der Waals surface area contributed by atoms with Gasteiger partial charge >= 0.3 is 0 Å². The monoisotopic (exact) mass is 378 g/mol. The van der Waals surface area contributed by atoms with Gasteiger partial charge in [0, 0.05) is 12.7 Å². The Balaban J connectivity index is 1.78. The van der Waals surface area contributed by atoms with Crippen molar-refractivity contribution in [1.82, 2.24) is 0 Å². The summed E-state index contributed by atoms with van der Waals surface area (Å²) in [6.07, 6.45) is 7.81. The molecule has 0 N–H and O–H groups in total. The van der Waals surface area contributed by atoms with Crippen LogP contribution in [0.25, 0.3) is 0 Å². The minimum Gasteiger partial charge on any atom is -0.492 e. The van der Waals surface area contributed by atoms with Crippen molar-refractivity contribution in [3.05, 3.63) is 23.3 Å². The second kappa shape index (κ2) is 7.05. The highest BCUT2D eigenvalue weighted by atomic mass is 35.5. The Hall–Kier alpha value is -1.26. The van der Waals surface area contributed by atoms with E-state index in [0.29, 0.717) is 30.3 Å². The molecule has 5 rings (SSSR count). The van der Waals surface area contributed by atoms with Gasteiger partial charge in [-0.05, 0) is 79.4 Å². The first-order valence-electron chi connectivity index (χ1n) is 9.59. The molecule has 0 radical (unpaired) electrons. The van der Waals surface area contributed by atoms with Crippen molar-refractivity contribution in [2.24, 2.45) is 17.8 Å². The first kappa shape index (κ1) is 18.1. The Kier molecular flexibility index (Phi) is 4.91. The highest BCUT2D eigenvalue weighted by Crippen LogP contribution is 2.62. The van der Waals surface area contributed by atoms with Gasteiger partial charge in [0.2, 0.25) is 0 Å². The van der Waals surface area contributed by atoms with Crippen LogP contribution in [-0.4, -0.2) is 32.7 Å². The van der Waals surface area contributed by atoms with Crippen LogP contribution in [0.15, 0.2) is 12.1 Å². The molecule has 4 saturated carbocycles. The van der Waals surface area contributed by atoms with Gasteiger partial charge in [-0.25, -0.2) is 0 Å². The molecule has 4 bridgehead atoms. The van der Waals surface area contributed by atoms with Crippen LogP contribution >= 0.6 is 11.6 Å². The number of rotatable bonds is 7. The van der Waals surface area contributed by atoms with Gasteiger partial charge in [-0.15, -0.1) is 0 Å². The number of hydrogen-bond acceptors (Lipinski definition) is 4. The van der Waals surface area contributed by atoms with Crippen LogP contribution in [-0.2, 0) is 10.2 Å². The zero-order valence-electron chi connectivity index (χ0n) is 15.6. The van der Waals surface area contributed by atoms with E-state index in [4.69, 9.17) is 25.8 Å². The van der Waals surface area contributed by atoms with E-state index in [9.17, 15) is 4.79 Å². The fraction of sp³-hybridized carbons (Fsp3) is 0.667. The van der Waals surface area contributed by atoms with Crippen molar-refractivity contribution in [2.75, 3.05) is 27.4 Å². The van der Waals surface area contributed by atoms with Gasteiger partial charge in [-0.1, -0.05) is 6.07 Å². The van der Waals surface area contributed by atoms with Gasteiger partial charge in [-0.3, -0.25) is 4.79 Å². The molecule has 1 aromatic rings. The van der Waals surface area contributed by atoms with Crippen LogP contribution in [0, 0.1) is 17.8 Å². The van der Waals surface area contributed by atoms with Gasteiger partial charge in [0.15, 0.2) is 11.5 Å². The third-order valence-electron chi connectivity index (χ3n) is 6.67. The first-order valence-corrected chi connectivity index (χ1v) is 9.97. The van der Waals surface area contributed by atoms with Gasteiger partial charge < -0.3 is 14.2 Å². The zero-order valence-corrected chi connectivity index (χ0v) is 16.3. The van der Waals surface area contributed by atoms with Crippen molar-refractivity contribution >= 4 is 16.8 Å². The maximum atomic E-state index is 11.9. The first-order chi connectivity index (χ1) is 12.6. The second-order valence-corrected chi connectivity index (χ2v) is 8.68. The Labute approximate surface area is 160 Å². The highest BCUT2D eigenvalue weighted by molar-refractivity contribution is 6.68. The SMILES string of the molecule is COCCOc1c(C23CC4CC(CC(C4)C2)C3)ccc(C(=O)Cl)c1OC. The molecule has 0 spiro atoms.